The molecule has 1 unspecified atom stereocenters. The van der Waals surface area contributed by atoms with E-state index < -0.39 is 0 Å². The molecule has 0 bridgehead atoms. The summed E-state index contributed by atoms with van der Waals surface area (Å²) in [5.41, 5.74) is 6.25. The number of carbonyl (C=O) groups excluding carboxylic acids is 1. The van der Waals surface area contributed by atoms with Crippen LogP contribution in [0.25, 0.3) is 0 Å². The summed E-state index contributed by atoms with van der Waals surface area (Å²) in [5, 5.41) is 2.91. The molecule has 0 aliphatic carbocycles. The fourth-order valence-electron chi connectivity index (χ4n) is 2.42. The van der Waals surface area contributed by atoms with Crippen molar-refractivity contribution in [3.05, 3.63) is 24.3 Å². The normalized spacial score (nSPS) is 16.7. The van der Waals surface area contributed by atoms with Gasteiger partial charge in [0.1, 0.15) is 11.9 Å². The minimum atomic E-state index is 0. The van der Waals surface area contributed by atoms with E-state index in [-0.39, 0.29) is 24.4 Å². The average Bonchev–Trinajstić information content (AvgIpc) is 3.02. The summed E-state index contributed by atoms with van der Waals surface area (Å²) in [7, 11) is 0. The molecule has 6 heteroatoms. The van der Waals surface area contributed by atoms with Gasteiger partial charge in [0.15, 0.2) is 0 Å². The topological polar surface area (TPSA) is 73.6 Å². The van der Waals surface area contributed by atoms with Gasteiger partial charge in [-0.05, 0) is 43.7 Å². The van der Waals surface area contributed by atoms with Gasteiger partial charge in [-0.25, -0.2) is 0 Å². The van der Waals surface area contributed by atoms with Crippen LogP contribution in [0, 0.1) is 0 Å². The first kappa shape index (κ1) is 19.7. The van der Waals surface area contributed by atoms with E-state index in [4.69, 9.17) is 15.2 Å². The van der Waals surface area contributed by atoms with Crippen LogP contribution < -0.4 is 15.8 Å². The molecule has 5 nitrogen and oxygen atoms in total. The van der Waals surface area contributed by atoms with Crippen LogP contribution >= 0.6 is 12.4 Å². The van der Waals surface area contributed by atoms with Crippen LogP contribution in [0.1, 0.15) is 38.5 Å². The number of carbonyl (C=O) groups is 1. The number of hydrogen-bond acceptors (Lipinski definition) is 4. The Morgan fingerprint density at radius 2 is 1.96 bits per heavy atom. The summed E-state index contributed by atoms with van der Waals surface area (Å²) in [6.45, 7) is 2.15. The lowest BCUT2D eigenvalue weighted by Crippen LogP contribution is -2.15. The second-order valence-electron chi connectivity index (χ2n) is 5.63. The highest BCUT2D eigenvalue weighted by Crippen LogP contribution is 2.19. The molecule has 0 saturated carbocycles. The molecule has 2 rings (SSSR count). The van der Waals surface area contributed by atoms with E-state index in [1.165, 1.54) is 0 Å². The Balaban J connectivity index is 0.00000264. The quantitative estimate of drug-likeness (QED) is 0.676. The second-order valence-corrected chi connectivity index (χ2v) is 5.63. The van der Waals surface area contributed by atoms with E-state index in [1.54, 1.807) is 0 Å². The van der Waals surface area contributed by atoms with E-state index in [9.17, 15) is 4.79 Å². The smallest absolute Gasteiger partial charge is 0.224 e. The molecule has 130 valence electrons. The van der Waals surface area contributed by atoms with Crippen LogP contribution in [-0.4, -0.2) is 31.8 Å². The molecule has 1 fully saturated rings. The van der Waals surface area contributed by atoms with Crippen molar-refractivity contribution in [1.29, 1.82) is 0 Å². The van der Waals surface area contributed by atoms with Gasteiger partial charge >= 0.3 is 0 Å². The molecule has 1 aromatic rings. The summed E-state index contributed by atoms with van der Waals surface area (Å²) in [6.07, 6.45) is 5.74. The van der Waals surface area contributed by atoms with E-state index in [0.717, 1.165) is 56.7 Å². The zero-order valence-electron chi connectivity index (χ0n) is 13.5. The number of nitrogens with one attached hydrogen (secondary N) is 1. The van der Waals surface area contributed by atoms with Crippen molar-refractivity contribution in [2.45, 2.75) is 44.6 Å². The predicted molar refractivity (Wildman–Crippen MR) is 94.3 cm³/mol. The van der Waals surface area contributed by atoms with Gasteiger partial charge < -0.3 is 20.5 Å². The van der Waals surface area contributed by atoms with Crippen molar-refractivity contribution < 1.29 is 14.3 Å². The molecule has 0 radical (unpaired) electrons. The molecule has 1 aliphatic heterocycles. The SMILES string of the molecule is Cl.NCCCCCCC(=O)Nc1ccc(OC2CCOC2)cc1. The van der Waals surface area contributed by atoms with Gasteiger partial charge in [-0.1, -0.05) is 12.8 Å². The first-order chi connectivity index (χ1) is 10.8. The Labute approximate surface area is 144 Å². The van der Waals surface area contributed by atoms with Gasteiger partial charge in [0.2, 0.25) is 5.91 Å². The number of amides is 1. The van der Waals surface area contributed by atoms with Gasteiger partial charge in [0, 0.05) is 18.5 Å². The van der Waals surface area contributed by atoms with Gasteiger partial charge in [-0.3, -0.25) is 4.79 Å². The number of hydrogen-bond donors (Lipinski definition) is 2. The monoisotopic (exact) mass is 342 g/mol. The molecule has 1 saturated heterocycles. The van der Waals surface area contributed by atoms with Crippen molar-refractivity contribution in [2.24, 2.45) is 5.73 Å². The standard InChI is InChI=1S/C17H26N2O3.ClH/c18-11-4-2-1-3-5-17(20)19-14-6-8-15(9-7-14)22-16-10-12-21-13-16;/h6-9,16H,1-5,10-13,18H2,(H,19,20);1H. The molecule has 1 aliphatic rings. The third kappa shape index (κ3) is 7.68. The molecule has 0 spiro atoms. The maximum atomic E-state index is 11.8. The third-order valence-electron chi connectivity index (χ3n) is 3.69. The number of ether oxygens (including phenoxy) is 2. The first-order valence-corrected chi connectivity index (χ1v) is 8.12. The number of nitrogens with two attached hydrogens (primary N) is 1. The number of halogens is 1. The summed E-state index contributed by atoms with van der Waals surface area (Å²) in [4.78, 5) is 11.8. The number of benzene rings is 1. The van der Waals surface area contributed by atoms with Crippen molar-refractivity contribution in [3.63, 3.8) is 0 Å². The fourth-order valence-corrected chi connectivity index (χ4v) is 2.42. The molecule has 1 atom stereocenters. The van der Waals surface area contributed by atoms with Crippen molar-refractivity contribution in [3.8, 4) is 5.75 Å². The lowest BCUT2D eigenvalue weighted by Gasteiger charge is -2.12. The van der Waals surface area contributed by atoms with Crippen LogP contribution in [0.2, 0.25) is 0 Å². The summed E-state index contributed by atoms with van der Waals surface area (Å²) in [5.74, 6) is 0.876. The van der Waals surface area contributed by atoms with Crippen LogP contribution in [-0.2, 0) is 9.53 Å². The Kier molecular flexibility index (Phi) is 9.67. The average molecular weight is 343 g/mol. The first-order valence-electron chi connectivity index (χ1n) is 8.12. The minimum absolute atomic E-state index is 0. The Hall–Kier alpha value is -1.30. The number of unbranched alkanes of at least 4 members (excludes halogenated alkanes) is 3. The molecule has 3 N–H and O–H groups in total. The molecule has 23 heavy (non-hydrogen) atoms. The lowest BCUT2D eigenvalue weighted by atomic mass is 10.1. The minimum Gasteiger partial charge on any atom is -0.488 e. The molecular formula is C17H27ClN2O3. The largest absolute Gasteiger partial charge is 0.488 e. The zero-order chi connectivity index (χ0) is 15.6. The fraction of sp³-hybridized carbons (Fsp3) is 0.588. The van der Waals surface area contributed by atoms with Gasteiger partial charge in [-0.15, -0.1) is 12.4 Å². The predicted octanol–water partition coefficient (Wildman–Crippen LogP) is 3.12. The Bertz CT molecular complexity index is 448. The summed E-state index contributed by atoms with van der Waals surface area (Å²) in [6, 6.07) is 7.51. The number of anilines is 1. The van der Waals surface area contributed by atoms with Crippen LogP contribution in [0.4, 0.5) is 5.69 Å². The highest BCUT2D eigenvalue weighted by atomic mass is 35.5. The van der Waals surface area contributed by atoms with Gasteiger partial charge in [-0.2, -0.15) is 0 Å². The van der Waals surface area contributed by atoms with E-state index in [2.05, 4.69) is 5.32 Å². The number of rotatable bonds is 9. The van der Waals surface area contributed by atoms with Crippen molar-refractivity contribution in [1.82, 2.24) is 0 Å². The molecule has 1 aromatic carbocycles. The lowest BCUT2D eigenvalue weighted by molar-refractivity contribution is -0.116. The Morgan fingerprint density at radius 3 is 2.61 bits per heavy atom. The van der Waals surface area contributed by atoms with Crippen LogP contribution in [0.3, 0.4) is 0 Å². The van der Waals surface area contributed by atoms with E-state index in [0.29, 0.717) is 13.0 Å². The van der Waals surface area contributed by atoms with Crippen molar-refractivity contribution in [2.75, 3.05) is 25.1 Å². The molecular weight excluding hydrogens is 316 g/mol. The van der Waals surface area contributed by atoms with Crippen molar-refractivity contribution >= 4 is 24.0 Å². The molecule has 1 amide bonds. The van der Waals surface area contributed by atoms with Gasteiger partial charge in [0.05, 0.1) is 13.2 Å². The maximum absolute atomic E-state index is 11.8. The second kappa shape index (κ2) is 11.3. The highest BCUT2D eigenvalue weighted by Gasteiger charge is 2.16. The van der Waals surface area contributed by atoms with Gasteiger partial charge in [0.25, 0.3) is 0 Å². The zero-order valence-corrected chi connectivity index (χ0v) is 14.3. The molecule has 1 heterocycles. The Morgan fingerprint density at radius 1 is 1.22 bits per heavy atom. The summed E-state index contributed by atoms with van der Waals surface area (Å²) < 4.78 is 11.1. The van der Waals surface area contributed by atoms with Crippen LogP contribution in [0.5, 0.6) is 5.75 Å². The van der Waals surface area contributed by atoms with Crippen LogP contribution in [0.15, 0.2) is 24.3 Å². The summed E-state index contributed by atoms with van der Waals surface area (Å²) >= 11 is 0. The molecule has 0 aromatic heterocycles. The third-order valence-corrected chi connectivity index (χ3v) is 3.69. The van der Waals surface area contributed by atoms with E-state index in [1.807, 2.05) is 24.3 Å². The van der Waals surface area contributed by atoms with E-state index >= 15 is 0 Å². The highest BCUT2D eigenvalue weighted by molar-refractivity contribution is 5.90. The maximum Gasteiger partial charge on any atom is 0.224 e.